The first-order chi connectivity index (χ1) is 14.5. The lowest BCUT2D eigenvalue weighted by Gasteiger charge is -2.20. The van der Waals surface area contributed by atoms with Crippen molar-refractivity contribution in [3.63, 3.8) is 0 Å². The summed E-state index contributed by atoms with van der Waals surface area (Å²) in [6.45, 7) is 4.05. The fraction of sp³-hybridized carbons (Fsp3) is 0.381. The second-order valence-corrected chi connectivity index (χ2v) is 8.75. The Hall–Kier alpha value is -3.07. The summed E-state index contributed by atoms with van der Waals surface area (Å²) >= 11 is 1.76. The Balaban J connectivity index is 1.53. The summed E-state index contributed by atoms with van der Waals surface area (Å²) in [5, 5.41) is 16.9. The zero-order valence-electron chi connectivity index (χ0n) is 16.7. The van der Waals surface area contributed by atoms with Gasteiger partial charge in [0.1, 0.15) is 11.2 Å². The maximum atomic E-state index is 11.3. The van der Waals surface area contributed by atoms with Gasteiger partial charge in [-0.1, -0.05) is 25.5 Å². The van der Waals surface area contributed by atoms with Crippen molar-refractivity contribution >= 4 is 32.9 Å². The Bertz CT molecular complexity index is 1260. The minimum atomic E-state index is -0.542. The van der Waals surface area contributed by atoms with Gasteiger partial charge in [-0.3, -0.25) is 10.1 Å². The topological polar surface area (TPSA) is 95.5 Å². The molecule has 5 rings (SSSR count). The maximum Gasteiger partial charge on any atom is 0.310 e. The Kier molecular flexibility index (Phi) is 4.62. The number of nitro groups is 1. The largest absolute Gasteiger partial charge is 0.476 e. The van der Waals surface area contributed by atoms with Crippen LogP contribution >= 0.6 is 11.3 Å². The van der Waals surface area contributed by atoms with E-state index in [1.807, 2.05) is 0 Å². The molecule has 1 aliphatic rings. The second kappa shape index (κ2) is 7.32. The van der Waals surface area contributed by atoms with Crippen LogP contribution in [-0.2, 0) is 12.8 Å². The first-order valence-corrected chi connectivity index (χ1v) is 10.9. The van der Waals surface area contributed by atoms with Crippen LogP contribution in [0.5, 0.6) is 5.75 Å². The molecule has 3 heterocycles. The van der Waals surface area contributed by atoms with Crippen LogP contribution in [0.15, 0.2) is 30.6 Å². The molecule has 0 spiro atoms. The molecule has 154 valence electrons. The van der Waals surface area contributed by atoms with E-state index in [4.69, 9.17) is 9.72 Å². The summed E-state index contributed by atoms with van der Waals surface area (Å²) in [5.41, 5.74) is 2.05. The van der Waals surface area contributed by atoms with Crippen molar-refractivity contribution in [1.29, 1.82) is 0 Å². The number of aromatic nitrogens is 4. The fourth-order valence-electron chi connectivity index (χ4n) is 4.13. The minimum Gasteiger partial charge on any atom is -0.476 e. The molecule has 1 aliphatic carbocycles. The van der Waals surface area contributed by atoms with Crippen LogP contribution in [0.3, 0.4) is 0 Å². The van der Waals surface area contributed by atoms with E-state index in [1.165, 1.54) is 29.3 Å². The van der Waals surface area contributed by atoms with Crippen molar-refractivity contribution in [3.8, 4) is 5.75 Å². The quantitative estimate of drug-likeness (QED) is 0.335. The van der Waals surface area contributed by atoms with Crippen molar-refractivity contribution in [2.24, 2.45) is 5.92 Å². The number of thiophene rings is 1. The monoisotopic (exact) mass is 423 g/mol. The van der Waals surface area contributed by atoms with E-state index >= 15 is 0 Å². The van der Waals surface area contributed by atoms with Crippen LogP contribution in [0.2, 0.25) is 0 Å². The zero-order chi connectivity index (χ0) is 20.8. The number of benzene rings is 1. The molecule has 9 heteroatoms. The molecule has 0 fully saturated rings. The maximum absolute atomic E-state index is 11.3. The Labute approximate surface area is 176 Å². The lowest BCUT2D eigenvalue weighted by Crippen LogP contribution is -2.11. The average Bonchev–Trinajstić information content (AvgIpc) is 3.34. The Morgan fingerprint density at radius 3 is 3.03 bits per heavy atom. The van der Waals surface area contributed by atoms with Crippen molar-refractivity contribution in [1.82, 2.24) is 19.6 Å². The van der Waals surface area contributed by atoms with E-state index in [0.717, 1.165) is 34.6 Å². The summed E-state index contributed by atoms with van der Waals surface area (Å²) in [6, 6.07) is 6.34. The van der Waals surface area contributed by atoms with Crippen molar-refractivity contribution in [3.05, 3.63) is 57.0 Å². The van der Waals surface area contributed by atoms with Crippen LogP contribution < -0.4 is 4.74 Å². The smallest absolute Gasteiger partial charge is 0.310 e. The van der Waals surface area contributed by atoms with Crippen LogP contribution in [0.4, 0.5) is 5.69 Å². The van der Waals surface area contributed by atoms with Crippen LogP contribution in [-0.4, -0.2) is 24.5 Å². The highest BCUT2D eigenvalue weighted by Crippen LogP contribution is 2.39. The molecule has 1 aromatic carbocycles. The number of hydrogen-bond donors (Lipinski definition) is 0. The van der Waals surface area contributed by atoms with Gasteiger partial charge in [0, 0.05) is 10.9 Å². The molecule has 0 amide bonds. The number of nitro benzene ring substituents is 1. The molecule has 2 atom stereocenters. The van der Waals surface area contributed by atoms with Crippen molar-refractivity contribution in [2.45, 2.75) is 45.6 Å². The Morgan fingerprint density at radius 1 is 1.40 bits per heavy atom. The zero-order valence-corrected chi connectivity index (χ0v) is 17.6. The average molecular weight is 423 g/mol. The van der Waals surface area contributed by atoms with Gasteiger partial charge in [-0.25, -0.2) is 14.5 Å². The third kappa shape index (κ3) is 3.09. The molecule has 30 heavy (non-hydrogen) atoms. The van der Waals surface area contributed by atoms with Crippen LogP contribution in [0.25, 0.3) is 15.9 Å². The van der Waals surface area contributed by atoms with Gasteiger partial charge in [0.15, 0.2) is 23.3 Å². The van der Waals surface area contributed by atoms with Crippen LogP contribution in [0.1, 0.15) is 49.1 Å². The predicted molar refractivity (Wildman–Crippen MR) is 114 cm³/mol. The summed E-state index contributed by atoms with van der Waals surface area (Å²) < 4.78 is 7.55. The highest BCUT2D eigenvalue weighted by atomic mass is 32.1. The molecule has 2 unspecified atom stereocenters. The van der Waals surface area contributed by atoms with Crippen molar-refractivity contribution < 1.29 is 9.66 Å². The van der Waals surface area contributed by atoms with Gasteiger partial charge in [0.25, 0.3) is 0 Å². The van der Waals surface area contributed by atoms with E-state index in [0.29, 0.717) is 5.82 Å². The normalized spacial score (nSPS) is 17.2. The number of para-hydroxylation sites is 2. The molecule has 0 saturated heterocycles. The lowest BCUT2D eigenvalue weighted by atomic mass is 9.86. The first kappa shape index (κ1) is 18.9. The molecule has 0 saturated carbocycles. The number of hydrogen-bond acceptors (Lipinski definition) is 7. The van der Waals surface area contributed by atoms with E-state index in [1.54, 1.807) is 47.3 Å². The molecule has 8 nitrogen and oxygen atoms in total. The van der Waals surface area contributed by atoms with Gasteiger partial charge in [-0.2, -0.15) is 0 Å². The number of rotatable bonds is 5. The van der Waals surface area contributed by atoms with E-state index in [9.17, 15) is 10.1 Å². The second-order valence-electron chi connectivity index (χ2n) is 7.67. The molecule has 0 radical (unpaired) electrons. The minimum absolute atomic E-state index is 0.0745. The molecule has 0 bridgehead atoms. The molecule has 4 aromatic rings. The molecular formula is C21H21N5O3S. The van der Waals surface area contributed by atoms with E-state index in [-0.39, 0.29) is 11.4 Å². The van der Waals surface area contributed by atoms with E-state index < -0.39 is 11.0 Å². The third-order valence-electron chi connectivity index (χ3n) is 5.81. The van der Waals surface area contributed by atoms with Gasteiger partial charge in [-0.15, -0.1) is 16.4 Å². The third-order valence-corrected chi connectivity index (χ3v) is 6.97. The first-order valence-electron chi connectivity index (χ1n) is 10.1. The molecule has 0 N–H and O–H groups in total. The van der Waals surface area contributed by atoms with Gasteiger partial charge in [0.2, 0.25) is 0 Å². The molecular weight excluding hydrogens is 402 g/mol. The SMILES string of the molecule is CCC1CCc2c(sc3ncn4nc(C(C)Oc5ccccc5[N+](=O)[O-])nc4c23)C1. The van der Waals surface area contributed by atoms with Gasteiger partial charge in [0.05, 0.1) is 10.3 Å². The molecule has 0 aliphatic heterocycles. The number of ether oxygens (including phenoxy) is 1. The summed E-state index contributed by atoms with van der Waals surface area (Å²) in [5.74, 6) is 1.42. The van der Waals surface area contributed by atoms with Crippen LogP contribution in [0, 0.1) is 16.0 Å². The van der Waals surface area contributed by atoms with Gasteiger partial charge < -0.3 is 4.74 Å². The van der Waals surface area contributed by atoms with Crippen molar-refractivity contribution in [2.75, 3.05) is 0 Å². The summed E-state index contributed by atoms with van der Waals surface area (Å²) in [6.07, 6.45) is 5.68. The van der Waals surface area contributed by atoms with Gasteiger partial charge >= 0.3 is 5.69 Å². The molecule has 3 aromatic heterocycles. The predicted octanol–water partition coefficient (Wildman–Crippen LogP) is 4.90. The highest BCUT2D eigenvalue weighted by molar-refractivity contribution is 7.19. The number of fused-ring (bicyclic) bond motifs is 5. The number of aryl methyl sites for hydroxylation is 1. The Morgan fingerprint density at radius 2 is 2.23 bits per heavy atom. The fourth-order valence-corrected chi connectivity index (χ4v) is 5.43. The summed E-state index contributed by atoms with van der Waals surface area (Å²) in [7, 11) is 0. The summed E-state index contributed by atoms with van der Waals surface area (Å²) in [4.78, 5) is 22.6. The standard InChI is InChI=1S/C21H21N5O3S/c1-3-13-8-9-14-17(10-13)30-21-18(14)20-23-19(24-25(20)11-22-21)12(2)29-16-7-5-4-6-15(16)26(27)28/h4-7,11-13H,3,8-10H2,1-2H3. The van der Waals surface area contributed by atoms with E-state index in [2.05, 4.69) is 17.0 Å². The highest BCUT2D eigenvalue weighted by Gasteiger charge is 2.26. The lowest BCUT2D eigenvalue weighted by molar-refractivity contribution is -0.386. The number of nitrogens with zero attached hydrogens (tertiary/aromatic N) is 5. The van der Waals surface area contributed by atoms with Gasteiger partial charge in [-0.05, 0) is 43.7 Å².